The summed E-state index contributed by atoms with van der Waals surface area (Å²) < 4.78 is 2.58. The maximum Gasteiger partial charge on any atom is 0.293 e. The van der Waals surface area contributed by atoms with Crippen molar-refractivity contribution in [3.8, 4) is 11.3 Å². The number of halogens is 1. The molecule has 0 aliphatic carbocycles. The number of aromatic nitrogens is 4. The summed E-state index contributed by atoms with van der Waals surface area (Å²) in [6, 6.07) is 15.0. The van der Waals surface area contributed by atoms with E-state index in [9.17, 15) is 9.59 Å². The molecule has 2 heterocycles. The Morgan fingerprint density at radius 2 is 1.97 bits per heavy atom. The van der Waals surface area contributed by atoms with Gasteiger partial charge >= 0.3 is 0 Å². The lowest BCUT2D eigenvalue weighted by atomic mass is 10.0. The maximum absolute atomic E-state index is 12.8. The third-order valence-corrected chi connectivity index (χ3v) is 5.07. The number of carbonyl (C=O) groups excluding carboxylic acids is 1. The van der Waals surface area contributed by atoms with Gasteiger partial charge in [-0.3, -0.25) is 9.59 Å². The van der Waals surface area contributed by atoms with Crippen molar-refractivity contribution < 1.29 is 4.79 Å². The smallest absolute Gasteiger partial charge is 0.293 e. The number of rotatable bonds is 5. The predicted molar refractivity (Wildman–Crippen MR) is 115 cm³/mol. The maximum atomic E-state index is 12.8. The lowest BCUT2D eigenvalue weighted by molar-refractivity contribution is -0.122. The van der Waals surface area contributed by atoms with Gasteiger partial charge in [0.15, 0.2) is 0 Å². The lowest BCUT2D eigenvalue weighted by Gasteiger charge is -2.07. The van der Waals surface area contributed by atoms with E-state index in [1.165, 1.54) is 10.8 Å². The van der Waals surface area contributed by atoms with E-state index in [0.29, 0.717) is 22.8 Å². The fraction of sp³-hybridized carbons (Fsp3) is 0.182. The fourth-order valence-corrected chi connectivity index (χ4v) is 3.45. The number of fused-ring (bicyclic) bond motifs is 1. The van der Waals surface area contributed by atoms with Crippen molar-refractivity contribution in [3.63, 3.8) is 0 Å². The molecule has 7 nitrogen and oxygen atoms in total. The molecule has 0 spiro atoms. The summed E-state index contributed by atoms with van der Waals surface area (Å²) in [7, 11) is 0. The van der Waals surface area contributed by atoms with Gasteiger partial charge in [0.1, 0.15) is 18.4 Å². The molecule has 0 aliphatic heterocycles. The van der Waals surface area contributed by atoms with Crippen molar-refractivity contribution in [1.29, 1.82) is 0 Å². The molecule has 4 aromatic rings. The van der Waals surface area contributed by atoms with Crippen LogP contribution in [-0.4, -0.2) is 25.3 Å². The highest BCUT2D eigenvalue weighted by atomic mass is 35.5. The van der Waals surface area contributed by atoms with E-state index >= 15 is 0 Å². The van der Waals surface area contributed by atoms with Gasteiger partial charge in [0, 0.05) is 17.1 Å². The fourth-order valence-electron chi connectivity index (χ4n) is 3.23. The summed E-state index contributed by atoms with van der Waals surface area (Å²) in [6.07, 6.45) is 1.44. The SMILES string of the molecule is Cc1ccc(C)c(-c2cc3c(=O)n(CC(=O)NCc4cccc(Cl)c4)ncn3n2)c1. The van der Waals surface area contributed by atoms with Gasteiger partial charge in [0.05, 0.1) is 5.69 Å². The molecule has 0 aliphatic rings. The molecular formula is C22H20ClN5O2. The van der Waals surface area contributed by atoms with E-state index in [0.717, 1.165) is 26.9 Å². The second-order valence-corrected chi connectivity index (χ2v) is 7.61. The Morgan fingerprint density at radius 1 is 1.13 bits per heavy atom. The Kier molecular flexibility index (Phi) is 5.37. The summed E-state index contributed by atoms with van der Waals surface area (Å²) in [6.45, 7) is 4.15. The van der Waals surface area contributed by atoms with Gasteiger partial charge < -0.3 is 5.32 Å². The zero-order valence-electron chi connectivity index (χ0n) is 16.6. The van der Waals surface area contributed by atoms with Crippen LogP contribution in [0.1, 0.15) is 16.7 Å². The summed E-state index contributed by atoms with van der Waals surface area (Å²) in [5.41, 5.74) is 4.70. The van der Waals surface area contributed by atoms with Crippen LogP contribution in [0.4, 0.5) is 0 Å². The monoisotopic (exact) mass is 421 g/mol. The number of benzene rings is 2. The first-order valence-electron chi connectivity index (χ1n) is 9.45. The highest BCUT2D eigenvalue weighted by molar-refractivity contribution is 6.30. The molecule has 0 bridgehead atoms. The quantitative estimate of drug-likeness (QED) is 0.536. The third kappa shape index (κ3) is 4.11. The number of hydrogen-bond acceptors (Lipinski definition) is 4. The standard InChI is InChI=1S/C22H20ClN5O2/c1-14-6-7-15(2)18(8-14)19-10-20-22(30)27(25-13-28(20)26-19)12-21(29)24-11-16-4-3-5-17(23)9-16/h3-10,13H,11-12H2,1-2H3,(H,24,29). The molecule has 0 saturated carbocycles. The van der Waals surface area contributed by atoms with E-state index < -0.39 is 0 Å². The van der Waals surface area contributed by atoms with Crippen LogP contribution < -0.4 is 10.9 Å². The Bertz CT molecular complexity index is 1310. The number of aryl methyl sites for hydroxylation is 2. The minimum absolute atomic E-state index is 0.181. The molecule has 4 rings (SSSR count). The Hall–Kier alpha value is -3.45. The van der Waals surface area contributed by atoms with Crippen LogP contribution in [0.3, 0.4) is 0 Å². The molecule has 30 heavy (non-hydrogen) atoms. The van der Waals surface area contributed by atoms with E-state index in [-0.39, 0.29) is 18.0 Å². The highest BCUT2D eigenvalue weighted by Gasteiger charge is 2.13. The first-order valence-corrected chi connectivity index (χ1v) is 9.83. The number of carbonyl (C=O) groups is 1. The van der Waals surface area contributed by atoms with E-state index in [1.54, 1.807) is 18.2 Å². The molecule has 2 aromatic heterocycles. The molecule has 0 radical (unpaired) electrons. The molecule has 0 atom stereocenters. The number of nitrogens with one attached hydrogen (secondary N) is 1. The summed E-state index contributed by atoms with van der Waals surface area (Å²) in [5, 5.41) is 11.9. The van der Waals surface area contributed by atoms with Crippen molar-refractivity contribution in [3.05, 3.63) is 86.9 Å². The zero-order valence-corrected chi connectivity index (χ0v) is 17.3. The van der Waals surface area contributed by atoms with Crippen LogP contribution in [0.2, 0.25) is 5.02 Å². The van der Waals surface area contributed by atoms with Crippen LogP contribution in [0.25, 0.3) is 16.8 Å². The second kappa shape index (κ2) is 8.12. The summed E-state index contributed by atoms with van der Waals surface area (Å²) in [4.78, 5) is 25.1. The van der Waals surface area contributed by atoms with Gasteiger partial charge in [-0.1, -0.05) is 41.4 Å². The molecular weight excluding hydrogens is 402 g/mol. The van der Waals surface area contributed by atoms with Crippen LogP contribution >= 0.6 is 11.6 Å². The third-order valence-electron chi connectivity index (χ3n) is 4.83. The summed E-state index contributed by atoms with van der Waals surface area (Å²) >= 11 is 5.95. The minimum Gasteiger partial charge on any atom is -0.350 e. The minimum atomic E-state index is -0.375. The first kappa shape index (κ1) is 19.8. The number of amides is 1. The number of nitrogens with zero attached hydrogens (tertiary/aromatic N) is 4. The highest BCUT2D eigenvalue weighted by Crippen LogP contribution is 2.23. The molecule has 8 heteroatoms. The van der Waals surface area contributed by atoms with Crippen molar-refractivity contribution in [1.82, 2.24) is 24.7 Å². The molecule has 0 fully saturated rings. The molecule has 0 unspecified atom stereocenters. The topological polar surface area (TPSA) is 81.3 Å². The van der Waals surface area contributed by atoms with E-state index in [4.69, 9.17) is 11.6 Å². The normalized spacial score (nSPS) is 11.0. The Labute approximate surface area is 177 Å². The van der Waals surface area contributed by atoms with Gasteiger partial charge in [-0.05, 0) is 49.2 Å². The largest absolute Gasteiger partial charge is 0.350 e. The van der Waals surface area contributed by atoms with E-state index in [2.05, 4.69) is 15.5 Å². The van der Waals surface area contributed by atoms with Crippen molar-refractivity contribution in [2.75, 3.05) is 0 Å². The molecule has 2 aromatic carbocycles. The van der Waals surface area contributed by atoms with Crippen molar-refractivity contribution in [2.24, 2.45) is 0 Å². The average Bonchev–Trinajstić information content (AvgIpc) is 3.15. The van der Waals surface area contributed by atoms with Crippen molar-refractivity contribution in [2.45, 2.75) is 26.9 Å². The Morgan fingerprint density at radius 3 is 2.77 bits per heavy atom. The molecule has 0 saturated heterocycles. The molecule has 1 amide bonds. The first-order chi connectivity index (χ1) is 14.4. The van der Waals surface area contributed by atoms with Gasteiger partial charge in [-0.2, -0.15) is 10.2 Å². The van der Waals surface area contributed by atoms with Crippen LogP contribution in [0.5, 0.6) is 0 Å². The van der Waals surface area contributed by atoms with Gasteiger partial charge in [0.25, 0.3) is 5.56 Å². The van der Waals surface area contributed by atoms with Crippen molar-refractivity contribution >= 4 is 23.0 Å². The van der Waals surface area contributed by atoms with Gasteiger partial charge in [-0.15, -0.1) is 0 Å². The Balaban J connectivity index is 1.55. The van der Waals surface area contributed by atoms with Crippen LogP contribution in [-0.2, 0) is 17.9 Å². The van der Waals surface area contributed by atoms with Crippen LogP contribution in [0.15, 0.2) is 59.7 Å². The predicted octanol–water partition coefficient (Wildman–Crippen LogP) is 3.14. The molecule has 152 valence electrons. The number of hydrogen-bond donors (Lipinski definition) is 1. The summed E-state index contributed by atoms with van der Waals surface area (Å²) in [5.74, 6) is -0.316. The van der Waals surface area contributed by atoms with Gasteiger partial charge in [0.2, 0.25) is 5.91 Å². The average molecular weight is 422 g/mol. The van der Waals surface area contributed by atoms with Gasteiger partial charge in [-0.25, -0.2) is 9.20 Å². The lowest BCUT2D eigenvalue weighted by Crippen LogP contribution is -2.34. The zero-order chi connectivity index (χ0) is 21.3. The van der Waals surface area contributed by atoms with E-state index in [1.807, 2.05) is 44.2 Å². The second-order valence-electron chi connectivity index (χ2n) is 7.18. The van der Waals surface area contributed by atoms with Crippen LogP contribution in [0, 0.1) is 13.8 Å². The molecule has 1 N–H and O–H groups in total.